The maximum atomic E-state index is 9.10. The van der Waals surface area contributed by atoms with Crippen LogP contribution in [-0.4, -0.2) is 20.2 Å². The Balaban J connectivity index is 0.000000131. The summed E-state index contributed by atoms with van der Waals surface area (Å²) in [4.78, 5) is 8.22. The van der Waals surface area contributed by atoms with Gasteiger partial charge in [-0.3, -0.25) is 9.97 Å². The van der Waals surface area contributed by atoms with E-state index in [9.17, 15) is 0 Å². The molecule has 0 fully saturated rings. The van der Waals surface area contributed by atoms with Gasteiger partial charge in [-0.05, 0) is 48.5 Å². The fraction of sp³-hybridized carbons (Fsp3) is 0. The summed E-state index contributed by atoms with van der Waals surface area (Å²) in [6, 6.07) is 17.8. The number of pyridine rings is 2. The van der Waals surface area contributed by atoms with Gasteiger partial charge in [0.25, 0.3) is 0 Å². The second-order valence-corrected chi connectivity index (χ2v) is 4.76. The molecule has 0 amide bonds. The van der Waals surface area contributed by atoms with Gasteiger partial charge in [0.2, 0.25) is 0 Å². The van der Waals surface area contributed by atoms with Crippen molar-refractivity contribution in [2.45, 2.75) is 0 Å². The van der Waals surface area contributed by atoms with E-state index < -0.39 is 0 Å². The third-order valence-electron chi connectivity index (χ3n) is 3.17. The SMILES string of the molecule is Oc1ccc2ncccc2c1.Oc1ccc2ncccc2c1. The largest absolute Gasteiger partial charge is 0.508 e. The van der Waals surface area contributed by atoms with Crippen LogP contribution in [0.5, 0.6) is 11.5 Å². The zero-order valence-corrected chi connectivity index (χ0v) is 11.7. The molecule has 2 N–H and O–H groups in total. The first-order chi connectivity index (χ1) is 10.7. The van der Waals surface area contributed by atoms with E-state index in [1.165, 1.54) is 0 Å². The predicted octanol–water partition coefficient (Wildman–Crippen LogP) is 3.88. The molecule has 0 radical (unpaired) electrons. The first-order valence-electron chi connectivity index (χ1n) is 6.80. The Bertz CT molecular complexity index is 845. The lowest BCUT2D eigenvalue weighted by Gasteiger charge is -1.95. The molecule has 0 bridgehead atoms. The minimum absolute atomic E-state index is 0.283. The van der Waals surface area contributed by atoms with Gasteiger partial charge in [0.05, 0.1) is 11.0 Å². The topological polar surface area (TPSA) is 66.2 Å². The highest BCUT2D eigenvalue weighted by atomic mass is 16.3. The Labute approximate surface area is 127 Å². The molecule has 4 aromatic rings. The van der Waals surface area contributed by atoms with Crippen molar-refractivity contribution >= 4 is 21.8 Å². The number of aromatic hydroxyl groups is 2. The molecule has 0 atom stereocenters. The molecule has 22 heavy (non-hydrogen) atoms. The molecule has 0 saturated carbocycles. The highest BCUT2D eigenvalue weighted by molar-refractivity contribution is 5.80. The first kappa shape index (κ1) is 13.8. The molecule has 0 saturated heterocycles. The molecule has 0 unspecified atom stereocenters. The highest BCUT2D eigenvalue weighted by Gasteiger charge is 1.93. The molecular formula is C18H14N2O2. The molecule has 108 valence electrons. The Hall–Kier alpha value is -3.14. The van der Waals surface area contributed by atoms with Crippen molar-refractivity contribution in [2.24, 2.45) is 0 Å². The van der Waals surface area contributed by atoms with E-state index in [0.29, 0.717) is 0 Å². The summed E-state index contributed by atoms with van der Waals surface area (Å²) in [7, 11) is 0. The van der Waals surface area contributed by atoms with Gasteiger partial charge in [-0.25, -0.2) is 0 Å². The smallest absolute Gasteiger partial charge is 0.116 e. The van der Waals surface area contributed by atoms with Gasteiger partial charge in [-0.1, -0.05) is 12.1 Å². The molecular weight excluding hydrogens is 276 g/mol. The Morgan fingerprint density at radius 1 is 0.591 bits per heavy atom. The van der Waals surface area contributed by atoms with Gasteiger partial charge >= 0.3 is 0 Å². The summed E-state index contributed by atoms with van der Waals surface area (Å²) in [5, 5.41) is 20.1. The third-order valence-corrected chi connectivity index (χ3v) is 3.17. The van der Waals surface area contributed by atoms with E-state index in [0.717, 1.165) is 21.8 Å². The van der Waals surface area contributed by atoms with Gasteiger partial charge in [-0.2, -0.15) is 0 Å². The summed E-state index contributed by atoms with van der Waals surface area (Å²) in [6.07, 6.45) is 3.47. The summed E-state index contributed by atoms with van der Waals surface area (Å²) < 4.78 is 0. The van der Waals surface area contributed by atoms with Crippen molar-refractivity contribution in [3.63, 3.8) is 0 Å². The molecule has 4 rings (SSSR count). The standard InChI is InChI=1S/2C9H7NO/c2*11-8-3-4-9-7(6-8)2-1-5-10-9/h2*1-6,11H. The Morgan fingerprint density at radius 3 is 1.50 bits per heavy atom. The molecule has 0 aliphatic carbocycles. The van der Waals surface area contributed by atoms with Crippen molar-refractivity contribution in [2.75, 3.05) is 0 Å². The van der Waals surface area contributed by atoms with Crippen LogP contribution >= 0.6 is 0 Å². The van der Waals surface area contributed by atoms with Gasteiger partial charge in [-0.15, -0.1) is 0 Å². The van der Waals surface area contributed by atoms with Gasteiger partial charge in [0.15, 0.2) is 0 Å². The van der Waals surface area contributed by atoms with E-state index in [2.05, 4.69) is 9.97 Å². The number of phenolic OH excluding ortho intramolecular Hbond substituents is 2. The fourth-order valence-electron chi connectivity index (χ4n) is 2.13. The quantitative estimate of drug-likeness (QED) is 0.516. The number of hydrogen-bond donors (Lipinski definition) is 2. The molecule has 4 heteroatoms. The van der Waals surface area contributed by atoms with E-state index in [4.69, 9.17) is 10.2 Å². The molecule has 0 aliphatic rings. The Morgan fingerprint density at radius 2 is 1.05 bits per heavy atom. The average molecular weight is 290 g/mol. The van der Waals surface area contributed by atoms with E-state index in [1.54, 1.807) is 48.8 Å². The summed E-state index contributed by atoms with van der Waals surface area (Å²) in [5.74, 6) is 0.566. The Kier molecular flexibility index (Phi) is 3.83. The number of rotatable bonds is 0. The van der Waals surface area contributed by atoms with Crippen molar-refractivity contribution < 1.29 is 10.2 Å². The lowest BCUT2D eigenvalue weighted by Crippen LogP contribution is -1.75. The lowest BCUT2D eigenvalue weighted by molar-refractivity contribution is 0.475. The minimum Gasteiger partial charge on any atom is -0.508 e. The molecule has 4 nitrogen and oxygen atoms in total. The number of benzene rings is 2. The van der Waals surface area contributed by atoms with Gasteiger partial charge in [0.1, 0.15) is 11.5 Å². The molecule has 2 heterocycles. The zero-order chi connectivity index (χ0) is 15.4. The number of nitrogens with zero attached hydrogens (tertiary/aromatic N) is 2. The molecule has 2 aromatic heterocycles. The van der Waals surface area contributed by atoms with Crippen LogP contribution in [0.2, 0.25) is 0 Å². The second-order valence-electron chi connectivity index (χ2n) is 4.76. The van der Waals surface area contributed by atoms with Crippen molar-refractivity contribution in [1.29, 1.82) is 0 Å². The van der Waals surface area contributed by atoms with E-state index >= 15 is 0 Å². The van der Waals surface area contributed by atoms with E-state index in [-0.39, 0.29) is 11.5 Å². The first-order valence-corrected chi connectivity index (χ1v) is 6.80. The van der Waals surface area contributed by atoms with Crippen LogP contribution in [0.1, 0.15) is 0 Å². The molecule has 2 aromatic carbocycles. The third kappa shape index (κ3) is 3.12. The fourth-order valence-corrected chi connectivity index (χ4v) is 2.13. The zero-order valence-electron chi connectivity index (χ0n) is 11.7. The number of phenols is 2. The maximum Gasteiger partial charge on any atom is 0.116 e. The van der Waals surface area contributed by atoms with Crippen molar-refractivity contribution in [1.82, 2.24) is 9.97 Å². The molecule has 0 aliphatic heterocycles. The van der Waals surface area contributed by atoms with E-state index in [1.807, 2.05) is 24.3 Å². The number of fused-ring (bicyclic) bond motifs is 2. The van der Waals surface area contributed by atoms with Gasteiger partial charge < -0.3 is 10.2 Å². The summed E-state index contributed by atoms with van der Waals surface area (Å²) in [5.41, 5.74) is 1.82. The van der Waals surface area contributed by atoms with Crippen molar-refractivity contribution in [3.8, 4) is 11.5 Å². The van der Waals surface area contributed by atoms with Gasteiger partial charge in [0, 0.05) is 23.2 Å². The normalized spacial score (nSPS) is 10.2. The van der Waals surface area contributed by atoms with Crippen LogP contribution in [0.3, 0.4) is 0 Å². The minimum atomic E-state index is 0.283. The average Bonchev–Trinajstić information content (AvgIpc) is 2.55. The lowest BCUT2D eigenvalue weighted by atomic mass is 10.2. The van der Waals surface area contributed by atoms with Crippen LogP contribution in [-0.2, 0) is 0 Å². The summed E-state index contributed by atoms with van der Waals surface area (Å²) in [6.45, 7) is 0. The van der Waals surface area contributed by atoms with Crippen LogP contribution in [0.15, 0.2) is 73.1 Å². The highest BCUT2D eigenvalue weighted by Crippen LogP contribution is 2.17. The molecule has 0 spiro atoms. The number of hydrogen-bond acceptors (Lipinski definition) is 4. The predicted molar refractivity (Wildman–Crippen MR) is 86.8 cm³/mol. The second kappa shape index (κ2) is 6.10. The van der Waals surface area contributed by atoms with Crippen LogP contribution < -0.4 is 0 Å². The summed E-state index contributed by atoms with van der Waals surface area (Å²) >= 11 is 0. The van der Waals surface area contributed by atoms with Crippen LogP contribution in [0.4, 0.5) is 0 Å². The van der Waals surface area contributed by atoms with Crippen molar-refractivity contribution in [3.05, 3.63) is 73.1 Å². The monoisotopic (exact) mass is 290 g/mol. The van der Waals surface area contributed by atoms with Crippen LogP contribution in [0, 0.1) is 0 Å². The maximum absolute atomic E-state index is 9.10. The number of aromatic nitrogens is 2. The van der Waals surface area contributed by atoms with Crippen LogP contribution in [0.25, 0.3) is 21.8 Å².